The maximum atomic E-state index is 13.0. The lowest BCUT2D eigenvalue weighted by atomic mass is 10.2. The van der Waals surface area contributed by atoms with Crippen LogP contribution in [0.1, 0.15) is 5.56 Å². The number of hydrogen-bond donors (Lipinski definition) is 2. The van der Waals surface area contributed by atoms with Crippen LogP contribution >= 0.6 is 0 Å². The number of primary sulfonamides is 1. The van der Waals surface area contributed by atoms with Gasteiger partial charge in [0.15, 0.2) is 0 Å². The van der Waals surface area contributed by atoms with Crippen molar-refractivity contribution < 1.29 is 12.8 Å². The summed E-state index contributed by atoms with van der Waals surface area (Å²) >= 11 is 0. The quantitative estimate of drug-likeness (QED) is 0.900. The highest BCUT2D eigenvalue weighted by molar-refractivity contribution is 7.89. The van der Waals surface area contributed by atoms with Gasteiger partial charge in [-0.05, 0) is 29.8 Å². The lowest BCUT2D eigenvalue weighted by molar-refractivity contribution is 0.598. The van der Waals surface area contributed by atoms with Crippen molar-refractivity contribution in [2.45, 2.75) is 11.4 Å². The fourth-order valence-electron chi connectivity index (χ4n) is 1.71. The average molecular weight is 280 g/mol. The molecule has 3 N–H and O–H groups in total. The van der Waals surface area contributed by atoms with E-state index in [0.717, 1.165) is 0 Å². The van der Waals surface area contributed by atoms with E-state index in [4.69, 9.17) is 5.14 Å². The lowest BCUT2D eigenvalue weighted by Crippen LogP contribution is -2.15. The van der Waals surface area contributed by atoms with Gasteiger partial charge in [-0.2, -0.15) is 0 Å². The van der Waals surface area contributed by atoms with Crippen molar-refractivity contribution in [3.05, 3.63) is 59.9 Å². The number of sulfonamides is 1. The molecule has 0 fully saturated rings. The Labute approximate surface area is 111 Å². The first-order valence-corrected chi connectivity index (χ1v) is 7.11. The Kier molecular flexibility index (Phi) is 3.82. The Morgan fingerprint density at radius 1 is 1.11 bits per heavy atom. The molecule has 0 heterocycles. The summed E-state index contributed by atoms with van der Waals surface area (Å²) in [6.07, 6.45) is 0. The molecule has 0 saturated heterocycles. The van der Waals surface area contributed by atoms with Crippen molar-refractivity contribution in [2.75, 3.05) is 5.32 Å². The van der Waals surface area contributed by atoms with E-state index in [1.165, 1.54) is 18.2 Å². The summed E-state index contributed by atoms with van der Waals surface area (Å²) in [5.74, 6) is -0.334. The van der Waals surface area contributed by atoms with E-state index >= 15 is 0 Å². The molecular weight excluding hydrogens is 267 g/mol. The van der Waals surface area contributed by atoms with E-state index < -0.39 is 10.0 Å². The normalized spacial score (nSPS) is 11.3. The minimum Gasteiger partial charge on any atom is -0.380 e. The molecule has 0 radical (unpaired) electrons. The topological polar surface area (TPSA) is 72.2 Å². The fraction of sp³-hybridized carbons (Fsp3) is 0.0769. The molecule has 2 aromatic carbocycles. The maximum Gasteiger partial charge on any atom is 0.240 e. The summed E-state index contributed by atoms with van der Waals surface area (Å²) in [4.78, 5) is 0.0198. The van der Waals surface area contributed by atoms with E-state index in [1.807, 2.05) is 0 Å². The number of halogens is 1. The standard InChI is InChI=1S/C13H13FN2O2S/c14-11-5-3-4-10(8-11)9-16-12-6-1-2-7-13(12)19(15,17)18/h1-8,16H,9H2,(H2,15,17,18). The molecule has 0 atom stereocenters. The van der Waals surface area contributed by atoms with Gasteiger partial charge in [-0.25, -0.2) is 17.9 Å². The van der Waals surface area contributed by atoms with Crippen LogP contribution in [0.2, 0.25) is 0 Å². The third-order valence-corrected chi connectivity index (χ3v) is 3.53. The van der Waals surface area contributed by atoms with Gasteiger partial charge < -0.3 is 5.32 Å². The van der Waals surface area contributed by atoms with Gasteiger partial charge in [-0.15, -0.1) is 0 Å². The number of rotatable bonds is 4. The molecule has 2 rings (SSSR count). The third-order valence-electron chi connectivity index (χ3n) is 2.57. The van der Waals surface area contributed by atoms with Crippen LogP contribution in [0.25, 0.3) is 0 Å². The van der Waals surface area contributed by atoms with Crippen molar-refractivity contribution in [2.24, 2.45) is 5.14 Å². The third kappa shape index (κ3) is 3.52. The Balaban J connectivity index is 2.21. The van der Waals surface area contributed by atoms with Crippen molar-refractivity contribution in [3.63, 3.8) is 0 Å². The largest absolute Gasteiger partial charge is 0.380 e. The number of benzene rings is 2. The molecule has 0 unspecified atom stereocenters. The number of nitrogens with one attached hydrogen (secondary N) is 1. The van der Waals surface area contributed by atoms with Crippen molar-refractivity contribution >= 4 is 15.7 Å². The van der Waals surface area contributed by atoms with E-state index in [-0.39, 0.29) is 10.7 Å². The first kappa shape index (κ1) is 13.5. The molecule has 0 aliphatic heterocycles. The van der Waals surface area contributed by atoms with E-state index in [1.54, 1.807) is 30.3 Å². The van der Waals surface area contributed by atoms with Crippen LogP contribution in [-0.2, 0) is 16.6 Å². The zero-order chi connectivity index (χ0) is 13.9. The molecule has 0 aromatic heterocycles. The molecule has 6 heteroatoms. The minimum absolute atomic E-state index is 0.0198. The SMILES string of the molecule is NS(=O)(=O)c1ccccc1NCc1cccc(F)c1. The second-order valence-electron chi connectivity index (χ2n) is 4.02. The molecular formula is C13H13FN2O2S. The first-order chi connectivity index (χ1) is 8.97. The summed E-state index contributed by atoms with van der Waals surface area (Å²) < 4.78 is 35.8. The van der Waals surface area contributed by atoms with Crippen LogP contribution < -0.4 is 10.5 Å². The highest BCUT2D eigenvalue weighted by Crippen LogP contribution is 2.20. The number of nitrogens with two attached hydrogens (primary N) is 1. The molecule has 0 bridgehead atoms. The predicted octanol–water partition coefficient (Wildman–Crippen LogP) is 2.09. The molecule has 0 aliphatic carbocycles. The van der Waals surface area contributed by atoms with Crippen molar-refractivity contribution in [1.29, 1.82) is 0 Å². The molecule has 0 spiro atoms. The molecule has 0 aliphatic rings. The summed E-state index contributed by atoms with van der Waals surface area (Å²) in [6, 6.07) is 12.4. The summed E-state index contributed by atoms with van der Waals surface area (Å²) in [5.41, 5.74) is 1.11. The van der Waals surface area contributed by atoms with Gasteiger partial charge in [-0.1, -0.05) is 24.3 Å². The summed E-state index contributed by atoms with van der Waals surface area (Å²) in [6.45, 7) is 0.310. The average Bonchev–Trinajstić information content (AvgIpc) is 2.36. The lowest BCUT2D eigenvalue weighted by Gasteiger charge is -2.10. The molecule has 19 heavy (non-hydrogen) atoms. The highest BCUT2D eigenvalue weighted by Gasteiger charge is 2.12. The molecule has 4 nitrogen and oxygen atoms in total. The van der Waals surface area contributed by atoms with E-state index in [9.17, 15) is 12.8 Å². The Morgan fingerprint density at radius 3 is 2.53 bits per heavy atom. The number of para-hydroxylation sites is 1. The van der Waals surface area contributed by atoms with E-state index in [0.29, 0.717) is 17.8 Å². The number of anilines is 1. The van der Waals surface area contributed by atoms with Crippen LogP contribution in [0.5, 0.6) is 0 Å². The zero-order valence-corrected chi connectivity index (χ0v) is 10.8. The van der Waals surface area contributed by atoms with Gasteiger partial charge in [0.05, 0.1) is 5.69 Å². The summed E-state index contributed by atoms with van der Waals surface area (Å²) in [7, 11) is -3.78. The number of hydrogen-bond acceptors (Lipinski definition) is 3. The Hall–Kier alpha value is -1.92. The van der Waals surface area contributed by atoms with Crippen LogP contribution in [-0.4, -0.2) is 8.42 Å². The van der Waals surface area contributed by atoms with Gasteiger partial charge in [-0.3, -0.25) is 0 Å². The van der Waals surface area contributed by atoms with Crippen LogP contribution in [0, 0.1) is 5.82 Å². The van der Waals surface area contributed by atoms with Crippen molar-refractivity contribution in [3.8, 4) is 0 Å². The molecule has 2 aromatic rings. The Morgan fingerprint density at radius 2 is 1.84 bits per heavy atom. The van der Waals surface area contributed by atoms with Gasteiger partial charge in [0.2, 0.25) is 10.0 Å². The smallest absolute Gasteiger partial charge is 0.240 e. The van der Waals surface area contributed by atoms with Crippen LogP contribution in [0.15, 0.2) is 53.4 Å². The van der Waals surface area contributed by atoms with Crippen LogP contribution in [0.4, 0.5) is 10.1 Å². The summed E-state index contributed by atoms with van der Waals surface area (Å²) in [5, 5.41) is 8.06. The van der Waals surface area contributed by atoms with Gasteiger partial charge in [0.25, 0.3) is 0 Å². The van der Waals surface area contributed by atoms with Crippen molar-refractivity contribution in [1.82, 2.24) is 0 Å². The second-order valence-corrected chi connectivity index (χ2v) is 5.55. The zero-order valence-electron chi connectivity index (χ0n) is 10.0. The molecule has 0 saturated carbocycles. The molecule has 0 amide bonds. The molecule has 100 valence electrons. The maximum absolute atomic E-state index is 13.0. The predicted molar refractivity (Wildman–Crippen MR) is 71.5 cm³/mol. The fourth-order valence-corrected chi connectivity index (χ4v) is 2.42. The van der Waals surface area contributed by atoms with Gasteiger partial charge in [0.1, 0.15) is 10.7 Å². The first-order valence-electron chi connectivity index (χ1n) is 5.57. The monoisotopic (exact) mass is 280 g/mol. The minimum atomic E-state index is -3.78. The Bertz CT molecular complexity index is 687. The highest BCUT2D eigenvalue weighted by atomic mass is 32.2. The second kappa shape index (κ2) is 5.38. The van der Waals surface area contributed by atoms with Gasteiger partial charge in [0, 0.05) is 6.54 Å². The van der Waals surface area contributed by atoms with Gasteiger partial charge >= 0.3 is 0 Å². The van der Waals surface area contributed by atoms with Crippen LogP contribution in [0.3, 0.4) is 0 Å². The van der Waals surface area contributed by atoms with E-state index in [2.05, 4.69) is 5.32 Å².